The Balaban J connectivity index is 1.50. The number of carbonyl (C=O) groups is 2. The molecule has 1 saturated heterocycles. The minimum atomic E-state index is -0.871. The van der Waals surface area contributed by atoms with Crippen molar-refractivity contribution >= 4 is 29.2 Å². The number of aliphatic hydroxyl groups is 2. The third-order valence-corrected chi connectivity index (χ3v) is 8.27. The lowest BCUT2D eigenvalue weighted by Gasteiger charge is -2.35. The Morgan fingerprint density at radius 1 is 1.28 bits per heavy atom. The van der Waals surface area contributed by atoms with Gasteiger partial charge >= 0.3 is 0 Å². The van der Waals surface area contributed by atoms with Crippen LogP contribution in [-0.2, 0) is 16.1 Å². The van der Waals surface area contributed by atoms with E-state index in [1.165, 1.54) is 28.4 Å². The third kappa shape index (κ3) is 5.16. The second kappa shape index (κ2) is 11.1. The number of hydrogen-bond donors (Lipinski definition) is 3. The van der Waals surface area contributed by atoms with Crippen LogP contribution in [0.5, 0.6) is 5.75 Å². The van der Waals surface area contributed by atoms with Crippen molar-refractivity contribution in [3.63, 3.8) is 0 Å². The lowest BCUT2D eigenvalue weighted by molar-refractivity contribution is -0.140. The fraction of sp³-hybridized carbons (Fsp3) is 0.429. The SMILES string of the molecule is CC/C(=C\c1ccc(O)c(F)c1)CC[C@@H](O)C1=C(C)C[C@H]2C(=O)N(Cc3cccs3)C(=O)[C@H]2[C@H]1CO. The molecule has 2 aliphatic rings. The van der Waals surface area contributed by atoms with Crippen LogP contribution in [0.2, 0.25) is 0 Å². The Kier molecular flexibility index (Phi) is 8.07. The number of amides is 2. The maximum Gasteiger partial charge on any atom is 0.234 e. The minimum absolute atomic E-state index is 0.206. The number of benzene rings is 1. The van der Waals surface area contributed by atoms with Gasteiger partial charge in [0, 0.05) is 10.8 Å². The smallest absolute Gasteiger partial charge is 0.234 e. The molecule has 1 aliphatic carbocycles. The van der Waals surface area contributed by atoms with E-state index in [0.717, 1.165) is 16.0 Å². The van der Waals surface area contributed by atoms with Gasteiger partial charge in [-0.2, -0.15) is 0 Å². The van der Waals surface area contributed by atoms with E-state index in [2.05, 4.69) is 0 Å². The number of fused-ring (bicyclic) bond motifs is 1. The molecule has 1 aromatic carbocycles. The molecule has 36 heavy (non-hydrogen) atoms. The zero-order valence-electron chi connectivity index (χ0n) is 20.5. The predicted molar refractivity (Wildman–Crippen MR) is 136 cm³/mol. The van der Waals surface area contributed by atoms with Crippen LogP contribution in [0.3, 0.4) is 0 Å². The van der Waals surface area contributed by atoms with Crippen molar-refractivity contribution < 1.29 is 29.3 Å². The molecular weight excluding hydrogens is 481 g/mol. The number of hydrogen-bond acceptors (Lipinski definition) is 6. The molecule has 8 heteroatoms. The van der Waals surface area contributed by atoms with Gasteiger partial charge in [-0.3, -0.25) is 14.5 Å². The molecule has 192 valence electrons. The first kappa shape index (κ1) is 26.3. The second-order valence-electron chi connectivity index (χ2n) is 9.62. The number of aromatic hydroxyl groups is 1. The summed E-state index contributed by atoms with van der Waals surface area (Å²) in [6.07, 6.45) is 2.99. The number of halogens is 1. The molecule has 0 spiro atoms. The number of thiophene rings is 1. The summed E-state index contributed by atoms with van der Waals surface area (Å²) in [5.41, 5.74) is 3.14. The number of rotatable bonds is 9. The number of allylic oxidation sites excluding steroid dienone is 2. The zero-order chi connectivity index (χ0) is 26.0. The number of phenolic OH excluding ortho intramolecular Hbond substituents is 1. The van der Waals surface area contributed by atoms with E-state index < -0.39 is 35.4 Å². The summed E-state index contributed by atoms with van der Waals surface area (Å²) in [4.78, 5) is 28.7. The molecule has 2 heterocycles. The number of nitrogens with zero attached hydrogens (tertiary/aromatic N) is 1. The number of carbonyl (C=O) groups excluding carboxylic acids is 2. The van der Waals surface area contributed by atoms with Gasteiger partial charge in [-0.25, -0.2) is 4.39 Å². The van der Waals surface area contributed by atoms with Crippen LogP contribution in [0.4, 0.5) is 4.39 Å². The van der Waals surface area contributed by atoms with E-state index in [-0.39, 0.29) is 25.0 Å². The average molecular weight is 514 g/mol. The zero-order valence-corrected chi connectivity index (χ0v) is 21.3. The molecule has 1 aliphatic heterocycles. The first-order valence-electron chi connectivity index (χ1n) is 12.3. The Morgan fingerprint density at radius 3 is 2.69 bits per heavy atom. The van der Waals surface area contributed by atoms with Gasteiger partial charge < -0.3 is 15.3 Å². The highest BCUT2D eigenvalue weighted by atomic mass is 32.1. The van der Waals surface area contributed by atoms with E-state index in [1.54, 1.807) is 6.07 Å². The first-order chi connectivity index (χ1) is 17.2. The van der Waals surface area contributed by atoms with E-state index in [1.807, 2.05) is 37.4 Å². The topological polar surface area (TPSA) is 98.1 Å². The fourth-order valence-corrected chi connectivity index (χ4v) is 6.27. The fourth-order valence-electron chi connectivity index (χ4n) is 5.57. The molecule has 1 fully saturated rings. The van der Waals surface area contributed by atoms with Gasteiger partial charge in [0.2, 0.25) is 11.8 Å². The van der Waals surface area contributed by atoms with E-state index in [4.69, 9.17) is 0 Å². The molecular formula is C28H32FNO5S. The van der Waals surface area contributed by atoms with Crippen LogP contribution >= 0.6 is 11.3 Å². The standard InChI is InChI=1S/C28H32FNO5S/c1-3-17(12-18-7-8-23(32)22(29)13-18)6-9-24(33)25-16(2)11-20-26(21(25)15-31)28(35)30(27(20)34)14-19-5-4-10-36-19/h4-5,7-8,10,12-13,20-21,24,26,31-33H,3,6,9,11,14-15H2,1-2H3/b17-12+/t20-,21+,24-,26-/m1/s1. The highest BCUT2D eigenvalue weighted by molar-refractivity contribution is 7.09. The van der Waals surface area contributed by atoms with Gasteiger partial charge in [-0.1, -0.05) is 36.3 Å². The summed E-state index contributed by atoms with van der Waals surface area (Å²) in [7, 11) is 0. The van der Waals surface area contributed by atoms with Crippen LogP contribution in [0.1, 0.15) is 50.0 Å². The van der Waals surface area contributed by atoms with E-state index in [0.29, 0.717) is 36.8 Å². The van der Waals surface area contributed by atoms with Crippen molar-refractivity contribution in [3.05, 3.63) is 68.7 Å². The van der Waals surface area contributed by atoms with Crippen molar-refractivity contribution in [1.29, 1.82) is 0 Å². The average Bonchev–Trinajstić information content (AvgIpc) is 3.45. The van der Waals surface area contributed by atoms with Crippen molar-refractivity contribution in [3.8, 4) is 5.75 Å². The lowest BCUT2D eigenvalue weighted by Crippen LogP contribution is -2.38. The highest BCUT2D eigenvalue weighted by Crippen LogP contribution is 2.46. The number of likely N-dealkylation sites (tertiary alicyclic amines) is 1. The summed E-state index contributed by atoms with van der Waals surface area (Å²) in [6.45, 7) is 3.76. The van der Waals surface area contributed by atoms with Gasteiger partial charge in [0.1, 0.15) is 0 Å². The minimum Gasteiger partial charge on any atom is -0.505 e. The maximum absolute atomic E-state index is 13.7. The molecule has 4 rings (SSSR count). The van der Waals surface area contributed by atoms with Gasteiger partial charge in [0.25, 0.3) is 0 Å². The summed E-state index contributed by atoms with van der Waals surface area (Å²) in [5.74, 6) is -3.36. The second-order valence-corrected chi connectivity index (χ2v) is 10.7. The van der Waals surface area contributed by atoms with Gasteiger partial charge in [-0.15, -0.1) is 11.3 Å². The Morgan fingerprint density at radius 2 is 2.06 bits per heavy atom. The highest BCUT2D eigenvalue weighted by Gasteiger charge is 2.54. The quantitative estimate of drug-likeness (QED) is 0.335. The molecule has 0 bridgehead atoms. The summed E-state index contributed by atoms with van der Waals surface area (Å²) in [5, 5.41) is 32.8. The van der Waals surface area contributed by atoms with E-state index in [9.17, 15) is 29.3 Å². The maximum atomic E-state index is 13.7. The third-order valence-electron chi connectivity index (χ3n) is 7.41. The Bertz CT molecular complexity index is 1190. The molecule has 2 amide bonds. The van der Waals surface area contributed by atoms with Crippen molar-refractivity contribution in [2.24, 2.45) is 17.8 Å². The van der Waals surface area contributed by atoms with Crippen molar-refractivity contribution in [1.82, 2.24) is 4.90 Å². The molecule has 0 unspecified atom stereocenters. The van der Waals surface area contributed by atoms with Crippen LogP contribution in [0.25, 0.3) is 6.08 Å². The Labute approximate surface area is 214 Å². The van der Waals surface area contributed by atoms with Crippen LogP contribution in [0.15, 0.2) is 52.4 Å². The summed E-state index contributed by atoms with van der Waals surface area (Å²) < 4.78 is 13.7. The van der Waals surface area contributed by atoms with E-state index >= 15 is 0 Å². The Hall–Kier alpha value is -2.81. The van der Waals surface area contributed by atoms with Crippen LogP contribution < -0.4 is 0 Å². The van der Waals surface area contributed by atoms with Crippen LogP contribution in [-0.4, -0.2) is 44.7 Å². The van der Waals surface area contributed by atoms with Crippen molar-refractivity contribution in [2.45, 2.75) is 52.2 Å². The lowest BCUT2D eigenvalue weighted by atomic mass is 9.68. The molecule has 0 radical (unpaired) electrons. The molecule has 6 nitrogen and oxygen atoms in total. The normalized spacial score (nSPS) is 23.4. The summed E-state index contributed by atoms with van der Waals surface area (Å²) in [6, 6.07) is 7.98. The monoisotopic (exact) mass is 513 g/mol. The summed E-state index contributed by atoms with van der Waals surface area (Å²) >= 11 is 1.49. The molecule has 0 saturated carbocycles. The molecule has 3 N–H and O–H groups in total. The molecule has 1 aromatic heterocycles. The largest absolute Gasteiger partial charge is 0.505 e. The predicted octanol–water partition coefficient (Wildman–Crippen LogP) is 4.66. The number of imide groups is 1. The van der Waals surface area contributed by atoms with Crippen molar-refractivity contribution in [2.75, 3.05) is 6.61 Å². The number of phenols is 1. The molecule has 2 aromatic rings. The van der Waals surface area contributed by atoms with Gasteiger partial charge in [-0.05, 0) is 67.3 Å². The van der Waals surface area contributed by atoms with Crippen LogP contribution in [0, 0.1) is 23.6 Å². The first-order valence-corrected chi connectivity index (χ1v) is 13.2. The van der Waals surface area contributed by atoms with Gasteiger partial charge in [0.15, 0.2) is 11.6 Å². The van der Waals surface area contributed by atoms with Gasteiger partial charge in [0.05, 0.1) is 31.1 Å². The molecule has 4 atom stereocenters. The number of aliphatic hydroxyl groups excluding tert-OH is 2.